The van der Waals surface area contributed by atoms with Crippen LogP contribution in [-0.4, -0.2) is 53.0 Å². The number of benzene rings is 1. The van der Waals surface area contributed by atoms with Crippen molar-refractivity contribution in [1.82, 2.24) is 9.88 Å². The summed E-state index contributed by atoms with van der Waals surface area (Å²) in [5.41, 5.74) is 3.29. The molecule has 1 fully saturated rings. The number of likely N-dealkylation sites (tertiary alicyclic amines) is 1. The van der Waals surface area contributed by atoms with E-state index in [9.17, 15) is 14.7 Å². The topological polar surface area (TPSA) is 82.6 Å². The van der Waals surface area contributed by atoms with Gasteiger partial charge < -0.3 is 19.7 Å². The quantitative estimate of drug-likeness (QED) is 0.838. The van der Waals surface area contributed by atoms with Crippen molar-refractivity contribution in [1.29, 1.82) is 0 Å². The average molecular weight is 380 g/mol. The summed E-state index contributed by atoms with van der Waals surface area (Å²) in [7, 11) is 0. The summed E-state index contributed by atoms with van der Waals surface area (Å²) >= 11 is 0. The van der Waals surface area contributed by atoms with E-state index in [1.165, 1.54) is 0 Å². The number of aromatic amines is 1. The van der Waals surface area contributed by atoms with Gasteiger partial charge in [0.15, 0.2) is 5.78 Å². The highest BCUT2D eigenvalue weighted by Gasteiger charge is 2.52. The number of ether oxygens (including phenoxy) is 1. The third kappa shape index (κ3) is 2.37. The summed E-state index contributed by atoms with van der Waals surface area (Å²) in [4.78, 5) is 31.1. The average Bonchev–Trinajstić information content (AvgIpc) is 3.26. The van der Waals surface area contributed by atoms with Crippen molar-refractivity contribution < 1.29 is 19.4 Å². The Kier molecular flexibility index (Phi) is 3.88. The number of carbonyl (C=O) groups is 2. The Labute approximate surface area is 163 Å². The number of aromatic nitrogens is 1. The molecule has 1 aliphatic carbocycles. The zero-order chi connectivity index (χ0) is 19.5. The molecule has 1 aromatic carbocycles. The lowest BCUT2D eigenvalue weighted by Gasteiger charge is -2.37. The molecule has 0 saturated carbocycles. The van der Waals surface area contributed by atoms with Gasteiger partial charge in [-0.3, -0.25) is 9.59 Å². The monoisotopic (exact) mass is 380 g/mol. The second kappa shape index (κ2) is 6.21. The molecule has 5 rings (SSSR count). The van der Waals surface area contributed by atoms with Gasteiger partial charge in [-0.25, -0.2) is 0 Å². The summed E-state index contributed by atoms with van der Waals surface area (Å²) < 4.78 is 5.92. The van der Waals surface area contributed by atoms with E-state index >= 15 is 0 Å². The normalized spacial score (nSPS) is 25.7. The minimum Gasteiger partial charge on any atom is -0.493 e. The Morgan fingerprint density at radius 2 is 2.18 bits per heavy atom. The van der Waals surface area contributed by atoms with Crippen molar-refractivity contribution in [3.63, 3.8) is 0 Å². The summed E-state index contributed by atoms with van der Waals surface area (Å²) in [6.07, 6.45) is 2.13. The number of amides is 1. The highest BCUT2D eigenvalue weighted by Crippen LogP contribution is 2.49. The fraction of sp³-hybridized carbons (Fsp3) is 0.455. The highest BCUT2D eigenvalue weighted by molar-refractivity contribution is 6.10. The molecular formula is C22H24N2O4. The van der Waals surface area contributed by atoms with E-state index in [1.807, 2.05) is 31.2 Å². The zero-order valence-electron chi connectivity index (χ0n) is 16.0. The van der Waals surface area contributed by atoms with Crippen LogP contribution < -0.4 is 4.74 Å². The van der Waals surface area contributed by atoms with Gasteiger partial charge in [0.2, 0.25) is 0 Å². The molecule has 0 spiro atoms. The standard InChI is InChI=1S/C22H24N2O4/c1-13-19(20-16(23-13)6-4-7-17(20)26)21(27)24-9-15-14-5-2-3-8-18(14)28-12-22(15,10-24)11-25/h2-3,5,8,15,23,25H,4,6-7,9-12H2,1H3/t15-,22-/m1/s1. The van der Waals surface area contributed by atoms with Gasteiger partial charge >= 0.3 is 0 Å². The Morgan fingerprint density at radius 3 is 3.00 bits per heavy atom. The largest absolute Gasteiger partial charge is 0.493 e. The molecule has 1 amide bonds. The van der Waals surface area contributed by atoms with E-state index in [4.69, 9.17) is 4.74 Å². The number of aliphatic hydroxyl groups is 1. The van der Waals surface area contributed by atoms with E-state index in [2.05, 4.69) is 4.98 Å². The Hall–Kier alpha value is -2.60. The van der Waals surface area contributed by atoms with Gasteiger partial charge in [-0.05, 0) is 31.4 Å². The molecule has 0 radical (unpaired) electrons. The van der Waals surface area contributed by atoms with Crippen LogP contribution in [0.2, 0.25) is 0 Å². The summed E-state index contributed by atoms with van der Waals surface area (Å²) in [5, 5.41) is 10.2. The second-order valence-electron chi connectivity index (χ2n) is 8.34. The molecule has 0 unspecified atom stereocenters. The number of aryl methyl sites for hydroxylation is 2. The molecule has 0 bridgehead atoms. The number of hydrogen-bond acceptors (Lipinski definition) is 4. The molecule has 3 heterocycles. The number of H-pyrrole nitrogens is 1. The minimum absolute atomic E-state index is 0.0252. The first-order chi connectivity index (χ1) is 13.5. The maximum atomic E-state index is 13.5. The number of fused-ring (bicyclic) bond motifs is 4. The third-order valence-corrected chi connectivity index (χ3v) is 6.65. The van der Waals surface area contributed by atoms with Gasteiger partial charge in [-0.2, -0.15) is 0 Å². The first kappa shape index (κ1) is 17.5. The van der Waals surface area contributed by atoms with E-state index in [1.54, 1.807) is 4.90 Å². The SMILES string of the molecule is Cc1[nH]c2c(c1C(=O)N1C[C@@H]3c4ccccc4OC[C@]3(CO)C1)C(=O)CCC2. The lowest BCUT2D eigenvalue weighted by Crippen LogP contribution is -2.42. The van der Waals surface area contributed by atoms with E-state index in [0.717, 1.165) is 35.5 Å². The number of para-hydroxylation sites is 1. The minimum atomic E-state index is -0.502. The van der Waals surface area contributed by atoms with Gasteiger partial charge in [0.1, 0.15) is 5.75 Å². The predicted octanol–water partition coefficient (Wildman–Crippen LogP) is 2.45. The van der Waals surface area contributed by atoms with Crippen molar-refractivity contribution in [2.75, 3.05) is 26.3 Å². The van der Waals surface area contributed by atoms with Crippen LogP contribution >= 0.6 is 0 Å². The van der Waals surface area contributed by atoms with Crippen molar-refractivity contribution >= 4 is 11.7 Å². The van der Waals surface area contributed by atoms with Crippen LogP contribution in [0.3, 0.4) is 0 Å². The Bertz CT molecular complexity index is 979. The molecule has 1 saturated heterocycles. The van der Waals surface area contributed by atoms with Gasteiger partial charge in [0.05, 0.1) is 29.8 Å². The van der Waals surface area contributed by atoms with E-state index in [0.29, 0.717) is 37.2 Å². The number of ketones is 1. The Morgan fingerprint density at radius 1 is 1.36 bits per heavy atom. The summed E-state index contributed by atoms with van der Waals surface area (Å²) in [5.74, 6) is 0.787. The Balaban J connectivity index is 1.52. The van der Waals surface area contributed by atoms with Crippen LogP contribution in [0.1, 0.15) is 56.4 Å². The maximum Gasteiger partial charge on any atom is 0.256 e. The van der Waals surface area contributed by atoms with E-state index < -0.39 is 5.41 Å². The number of carbonyl (C=O) groups excluding carboxylic acids is 2. The lowest BCUT2D eigenvalue weighted by atomic mass is 9.74. The summed E-state index contributed by atoms with van der Waals surface area (Å²) in [6, 6.07) is 7.85. The van der Waals surface area contributed by atoms with Gasteiger partial charge in [-0.15, -0.1) is 0 Å². The van der Waals surface area contributed by atoms with Crippen LogP contribution in [0.25, 0.3) is 0 Å². The zero-order valence-corrected chi connectivity index (χ0v) is 16.0. The van der Waals surface area contributed by atoms with Crippen molar-refractivity contribution in [2.45, 2.75) is 32.1 Å². The molecule has 2 aliphatic heterocycles. The molecule has 28 heavy (non-hydrogen) atoms. The van der Waals surface area contributed by atoms with E-state index in [-0.39, 0.29) is 24.2 Å². The smallest absolute Gasteiger partial charge is 0.256 e. The van der Waals surface area contributed by atoms with Gasteiger partial charge in [0.25, 0.3) is 5.91 Å². The molecule has 1 aromatic heterocycles. The number of nitrogens with zero attached hydrogens (tertiary/aromatic N) is 1. The number of Topliss-reactive ketones (excluding diaryl/α,β-unsaturated/α-hetero) is 1. The molecule has 3 aliphatic rings. The molecular weight excluding hydrogens is 356 g/mol. The third-order valence-electron chi connectivity index (χ3n) is 6.65. The summed E-state index contributed by atoms with van der Waals surface area (Å²) in [6.45, 7) is 3.15. The maximum absolute atomic E-state index is 13.5. The van der Waals surface area contributed by atoms with Crippen LogP contribution in [-0.2, 0) is 6.42 Å². The van der Waals surface area contributed by atoms with Crippen LogP contribution in [0.4, 0.5) is 0 Å². The molecule has 6 heteroatoms. The second-order valence-corrected chi connectivity index (χ2v) is 8.34. The van der Waals surface area contributed by atoms with Gasteiger partial charge in [-0.1, -0.05) is 18.2 Å². The number of hydrogen-bond donors (Lipinski definition) is 2. The lowest BCUT2D eigenvalue weighted by molar-refractivity contribution is 0.0439. The van der Waals surface area contributed by atoms with Crippen molar-refractivity contribution in [3.8, 4) is 5.75 Å². The number of aliphatic hydroxyl groups excluding tert-OH is 1. The highest BCUT2D eigenvalue weighted by atomic mass is 16.5. The van der Waals surface area contributed by atoms with Crippen LogP contribution in [0.5, 0.6) is 5.75 Å². The molecule has 146 valence electrons. The van der Waals surface area contributed by atoms with Crippen molar-refractivity contribution in [2.24, 2.45) is 5.41 Å². The van der Waals surface area contributed by atoms with Crippen LogP contribution in [0.15, 0.2) is 24.3 Å². The van der Waals surface area contributed by atoms with Gasteiger partial charge in [0, 0.05) is 36.8 Å². The fourth-order valence-electron chi connectivity index (χ4n) is 5.19. The molecule has 2 atom stereocenters. The predicted molar refractivity (Wildman–Crippen MR) is 103 cm³/mol. The first-order valence-corrected chi connectivity index (χ1v) is 9.90. The first-order valence-electron chi connectivity index (χ1n) is 9.90. The van der Waals surface area contributed by atoms with Crippen LogP contribution in [0, 0.1) is 12.3 Å². The molecule has 2 N–H and O–H groups in total. The molecule has 6 nitrogen and oxygen atoms in total. The number of nitrogens with one attached hydrogen (secondary N) is 1. The molecule has 2 aromatic rings. The fourth-order valence-corrected chi connectivity index (χ4v) is 5.19. The van der Waals surface area contributed by atoms with Crippen molar-refractivity contribution in [3.05, 3.63) is 52.3 Å². The number of rotatable bonds is 2.